The number of carbonyl (C=O) groups excluding carboxylic acids is 1. The van der Waals surface area contributed by atoms with E-state index in [0.29, 0.717) is 47.9 Å². The van der Waals surface area contributed by atoms with Gasteiger partial charge in [0.15, 0.2) is 11.5 Å². The number of carboxylic acids is 1. The van der Waals surface area contributed by atoms with Gasteiger partial charge in [0.25, 0.3) is 0 Å². The van der Waals surface area contributed by atoms with E-state index in [-0.39, 0.29) is 29.9 Å². The topological polar surface area (TPSA) is 110 Å². The highest BCUT2D eigenvalue weighted by atomic mass is 19.4. The maximum absolute atomic E-state index is 13.4. The molecular formula is C32H32F3N5O3. The van der Waals surface area contributed by atoms with Gasteiger partial charge in [-0.1, -0.05) is 48.9 Å². The lowest BCUT2D eigenvalue weighted by atomic mass is 9.74. The number of Topliss-reactive ketones (excluding diaryl/α,β-unsaturated/α-hetero) is 1. The maximum atomic E-state index is 13.4. The molecule has 6 rings (SSSR count). The maximum Gasteiger partial charge on any atom is 0.416 e. The van der Waals surface area contributed by atoms with Crippen molar-refractivity contribution >= 4 is 28.7 Å². The van der Waals surface area contributed by atoms with Crippen LogP contribution in [0.15, 0.2) is 54.6 Å². The molecule has 2 heterocycles. The molecule has 11 heteroatoms. The molecule has 2 fully saturated rings. The molecule has 0 bridgehead atoms. The molecule has 2 saturated carbocycles. The second-order valence-corrected chi connectivity index (χ2v) is 11.6. The highest BCUT2D eigenvalue weighted by molar-refractivity contribution is 5.91. The van der Waals surface area contributed by atoms with E-state index >= 15 is 0 Å². The molecular weight excluding hydrogens is 559 g/mol. The van der Waals surface area contributed by atoms with Crippen molar-refractivity contribution in [2.45, 2.75) is 76.0 Å². The molecule has 224 valence electrons. The third kappa shape index (κ3) is 5.72. The van der Waals surface area contributed by atoms with Gasteiger partial charge in [0.1, 0.15) is 17.1 Å². The molecule has 0 amide bonds. The fourth-order valence-corrected chi connectivity index (χ4v) is 6.35. The second-order valence-electron chi connectivity index (χ2n) is 11.6. The predicted octanol–water partition coefficient (Wildman–Crippen LogP) is 6.81. The Morgan fingerprint density at radius 2 is 1.74 bits per heavy atom. The summed E-state index contributed by atoms with van der Waals surface area (Å²) in [6, 6.07) is 14.4. The molecule has 4 aromatic rings. The van der Waals surface area contributed by atoms with Gasteiger partial charge in [-0.2, -0.15) is 13.2 Å². The van der Waals surface area contributed by atoms with Gasteiger partial charge in [0.2, 0.25) is 5.82 Å². The van der Waals surface area contributed by atoms with E-state index in [2.05, 4.69) is 15.3 Å². The van der Waals surface area contributed by atoms with Gasteiger partial charge in [-0.25, -0.2) is 19.7 Å². The number of hydrogen-bond acceptors (Lipinski definition) is 6. The van der Waals surface area contributed by atoms with Gasteiger partial charge >= 0.3 is 12.1 Å². The van der Waals surface area contributed by atoms with Crippen molar-refractivity contribution < 1.29 is 27.9 Å². The first-order chi connectivity index (χ1) is 20.6. The first-order valence-corrected chi connectivity index (χ1v) is 14.6. The summed E-state index contributed by atoms with van der Waals surface area (Å²) >= 11 is 0. The van der Waals surface area contributed by atoms with Crippen LogP contribution in [0.1, 0.15) is 90.4 Å². The standard InChI is InChI=1S/C32H32F3N5O3/c1-18(20-9-5-10-20)36-27-26-28(38-29(37-27)31(42)43)39-30(40(26)17-19-13-15-22(16-14-19)32(33,34)35)23-11-6-12-24(41)25(23)21-7-3-2-4-8-21/h2-4,7-8,13-16,18,20,23,25H,5-6,9-12,17H2,1H3,(H,42,43)(H,36,37,38)/t18-,23?,25?/m1/s1. The second kappa shape index (κ2) is 11.4. The molecule has 2 N–H and O–H groups in total. The number of halogens is 3. The van der Waals surface area contributed by atoms with Gasteiger partial charge in [-0.3, -0.25) is 4.79 Å². The van der Waals surface area contributed by atoms with Gasteiger partial charge in [0, 0.05) is 24.9 Å². The highest BCUT2D eigenvalue weighted by Crippen LogP contribution is 2.43. The average Bonchev–Trinajstić information content (AvgIpc) is 3.30. The Morgan fingerprint density at radius 3 is 2.37 bits per heavy atom. The number of fused-ring (bicyclic) bond motifs is 1. The molecule has 43 heavy (non-hydrogen) atoms. The zero-order valence-electron chi connectivity index (χ0n) is 23.6. The normalized spacial score (nSPS) is 20.1. The molecule has 0 spiro atoms. The molecule has 2 aliphatic carbocycles. The number of alkyl halides is 3. The molecule has 0 aliphatic heterocycles. The van der Waals surface area contributed by atoms with E-state index in [1.807, 2.05) is 41.8 Å². The van der Waals surface area contributed by atoms with Gasteiger partial charge in [-0.05, 0) is 61.8 Å². The van der Waals surface area contributed by atoms with Gasteiger partial charge in [-0.15, -0.1) is 0 Å². The Hall–Kier alpha value is -4.28. The lowest BCUT2D eigenvalue weighted by molar-refractivity contribution is -0.137. The van der Waals surface area contributed by atoms with Crippen molar-refractivity contribution in [3.8, 4) is 0 Å². The summed E-state index contributed by atoms with van der Waals surface area (Å²) in [6.07, 6.45) is 0.508. The van der Waals surface area contributed by atoms with E-state index in [1.54, 1.807) is 0 Å². The van der Waals surface area contributed by atoms with Crippen molar-refractivity contribution in [2.24, 2.45) is 5.92 Å². The Bertz CT molecular complexity index is 1650. The molecule has 2 aromatic carbocycles. The van der Waals surface area contributed by atoms with Crippen molar-refractivity contribution in [3.63, 3.8) is 0 Å². The molecule has 0 saturated heterocycles. The smallest absolute Gasteiger partial charge is 0.416 e. The lowest BCUT2D eigenvalue weighted by Gasteiger charge is -2.32. The summed E-state index contributed by atoms with van der Waals surface area (Å²) in [5.74, 6) is -1.19. The third-order valence-corrected chi connectivity index (χ3v) is 8.84. The fraction of sp³-hybridized carbons (Fsp3) is 0.406. The van der Waals surface area contributed by atoms with Crippen LogP contribution in [0.5, 0.6) is 0 Å². The summed E-state index contributed by atoms with van der Waals surface area (Å²) in [5, 5.41) is 13.2. The fourth-order valence-electron chi connectivity index (χ4n) is 6.35. The van der Waals surface area contributed by atoms with Crippen LogP contribution in [-0.2, 0) is 17.5 Å². The van der Waals surface area contributed by atoms with Crippen molar-refractivity contribution in [1.29, 1.82) is 0 Å². The first-order valence-electron chi connectivity index (χ1n) is 14.6. The number of ketones is 1. The van der Waals surface area contributed by atoms with Gasteiger partial charge in [0.05, 0.1) is 11.5 Å². The van der Waals surface area contributed by atoms with E-state index < -0.39 is 29.5 Å². The zero-order valence-corrected chi connectivity index (χ0v) is 23.6. The number of aromatic carboxylic acids is 1. The highest BCUT2D eigenvalue weighted by Gasteiger charge is 2.38. The minimum Gasteiger partial charge on any atom is -0.475 e. The Kier molecular flexibility index (Phi) is 7.66. The summed E-state index contributed by atoms with van der Waals surface area (Å²) in [6.45, 7) is 2.17. The van der Waals surface area contributed by atoms with Crippen LogP contribution >= 0.6 is 0 Å². The quantitative estimate of drug-likeness (QED) is 0.232. The van der Waals surface area contributed by atoms with Crippen LogP contribution in [-0.4, -0.2) is 42.4 Å². The molecule has 8 nitrogen and oxygen atoms in total. The van der Waals surface area contributed by atoms with Crippen LogP contribution in [0, 0.1) is 5.92 Å². The van der Waals surface area contributed by atoms with E-state index in [1.165, 1.54) is 12.1 Å². The number of nitrogens with zero attached hydrogens (tertiary/aromatic N) is 4. The number of rotatable bonds is 8. The minimum atomic E-state index is -4.47. The van der Waals surface area contributed by atoms with E-state index in [9.17, 15) is 27.9 Å². The van der Waals surface area contributed by atoms with E-state index in [4.69, 9.17) is 4.98 Å². The first kappa shape index (κ1) is 28.8. The molecule has 3 atom stereocenters. The monoisotopic (exact) mass is 591 g/mol. The average molecular weight is 592 g/mol. The molecule has 2 aromatic heterocycles. The number of benzene rings is 2. The van der Waals surface area contributed by atoms with Crippen LogP contribution in [0.2, 0.25) is 0 Å². The van der Waals surface area contributed by atoms with Crippen LogP contribution < -0.4 is 5.32 Å². The Labute approximate surface area is 246 Å². The Morgan fingerprint density at radius 1 is 1.02 bits per heavy atom. The number of carbonyl (C=O) groups is 2. The Balaban J connectivity index is 1.53. The summed E-state index contributed by atoms with van der Waals surface area (Å²) in [4.78, 5) is 39.0. The van der Waals surface area contributed by atoms with Crippen molar-refractivity contribution in [3.05, 3.63) is 82.9 Å². The number of anilines is 1. The third-order valence-electron chi connectivity index (χ3n) is 8.84. The number of hydrogen-bond donors (Lipinski definition) is 2. The van der Waals surface area contributed by atoms with Crippen LogP contribution in [0.3, 0.4) is 0 Å². The van der Waals surface area contributed by atoms with E-state index in [0.717, 1.165) is 37.0 Å². The molecule has 2 aliphatic rings. The van der Waals surface area contributed by atoms with Crippen LogP contribution in [0.25, 0.3) is 11.2 Å². The number of nitrogens with one attached hydrogen (secondary N) is 1. The molecule has 2 unspecified atom stereocenters. The number of carboxylic acid groups (broad SMARTS) is 1. The van der Waals surface area contributed by atoms with Gasteiger partial charge < -0.3 is 15.0 Å². The summed E-state index contributed by atoms with van der Waals surface area (Å²) < 4.78 is 41.8. The SMILES string of the molecule is C[C@@H](Nc1nc(C(=O)O)nc2nc(C3CCCC(=O)C3c3ccccc3)n(Cc3ccc(C(F)(F)F)cc3)c12)C1CCC1. The largest absolute Gasteiger partial charge is 0.475 e. The summed E-state index contributed by atoms with van der Waals surface area (Å²) in [5.41, 5.74) is 1.34. The number of imidazole rings is 1. The summed E-state index contributed by atoms with van der Waals surface area (Å²) in [7, 11) is 0. The minimum absolute atomic E-state index is 0.000287. The lowest BCUT2D eigenvalue weighted by Crippen LogP contribution is -2.31. The number of aromatic nitrogens is 4. The van der Waals surface area contributed by atoms with Crippen molar-refractivity contribution in [1.82, 2.24) is 19.5 Å². The predicted molar refractivity (Wildman–Crippen MR) is 154 cm³/mol. The van der Waals surface area contributed by atoms with Crippen LogP contribution in [0.4, 0.5) is 19.0 Å². The van der Waals surface area contributed by atoms with Crippen molar-refractivity contribution in [2.75, 3.05) is 5.32 Å². The zero-order chi connectivity index (χ0) is 30.3. The molecule has 0 radical (unpaired) electrons.